The SMILES string of the molecule is CCCCN(C(=O)COC(=O)COc1ccccc1OCC)C1CCS(=O)(=O)C1. The molecule has 2 rings (SSSR count). The molecule has 0 bridgehead atoms. The van der Waals surface area contributed by atoms with Gasteiger partial charge in [0.05, 0.1) is 18.1 Å². The summed E-state index contributed by atoms with van der Waals surface area (Å²) in [6, 6.07) is 6.61. The number of unbranched alkanes of at least 4 members (excludes halogenated alkanes) is 1. The highest BCUT2D eigenvalue weighted by Crippen LogP contribution is 2.26. The summed E-state index contributed by atoms with van der Waals surface area (Å²) in [6.07, 6.45) is 2.05. The predicted molar refractivity (Wildman–Crippen MR) is 108 cm³/mol. The minimum Gasteiger partial charge on any atom is -0.490 e. The molecule has 0 aromatic heterocycles. The molecule has 1 fully saturated rings. The van der Waals surface area contributed by atoms with Crippen molar-refractivity contribution in [3.05, 3.63) is 24.3 Å². The highest BCUT2D eigenvalue weighted by Gasteiger charge is 2.34. The topological polar surface area (TPSA) is 99.2 Å². The van der Waals surface area contributed by atoms with Gasteiger partial charge in [-0.1, -0.05) is 25.5 Å². The Labute approximate surface area is 172 Å². The minimum atomic E-state index is -3.11. The molecule has 0 saturated carbocycles. The zero-order chi connectivity index (χ0) is 21.3. The third-order valence-corrected chi connectivity index (χ3v) is 6.32. The lowest BCUT2D eigenvalue weighted by Gasteiger charge is -2.28. The van der Waals surface area contributed by atoms with Gasteiger partial charge in [0.2, 0.25) is 0 Å². The molecule has 0 N–H and O–H groups in total. The highest BCUT2D eigenvalue weighted by molar-refractivity contribution is 7.91. The molecule has 1 saturated heterocycles. The molecular weight excluding hydrogens is 398 g/mol. The van der Waals surface area contributed by atoms with Crippen LogP contribution in [0.15, 0.2) is 24.3 Å². The molecule has 9 heteroatoms. The molecule has 1 heterocycles. The number of hydrogen-bond acceptors (Lipinski definition) is 7. The smallest absolute Gasteiger partial charge is 0.344 e. The summed E-state index contributed by atoms with van der Waals surface area (Å²) >= 11 is 0. The molecule has 1 aliphatic rings. The van der Waals surface area contributed by atoms with Crippen LogP contribution >= 0.6 is 0 Å². The number of sulfone groups is 1. The summed E-state index contributed by atoms with van der Waals surface area (Å²) in [5.41, 5.74) is 0. The summed E-state index contributed by atoms with van der Waals surface area (Å²) in [5, 5.41) is 0. The van der Waals surface area contributed by atoms with Gasteiger partial charge in [0, 0.05) is 12.6 Å². The van der Waals surface area contributed by atoms with Crippen LogP contribution in [0.3, 0.4) is 0 Å². The number of hydrogen-bond donors (Lipinski definition) is 0. The zero-order valence-corrected chi connectivity index (χ0v) is 17.8. The van der Waals surface area contributed by atoms with E-state index >= 15 is 0 Å². The lowest BCUT2D eigenvalue weighted by atomic mass is 10.2. The molecule has 29 heavy (non-hydrogen) atoms. The van der Waals surface area contributed by atoms with Crippen molar-refractivity contribution >= 4 is 21.7 Å². The second-order valence-corrected chi connectivity index (χ2v) is 9.06. The third kappa shape index (κ3) is 7.23. The first-order valence-electron chi connectivity index (χ1n) is 9.86. The van der Waals surface area contributed by atoms with E-state index in [1.807, 2.05) is 13.8 Å². The molecule has 8 nitrogen and oxygen atoms in total. The van der Waals surface area contributed by atoms with E-state index in [0.717, 1.165) is 12.8 Å². The van der Waals surface area contributed by atoms with Crippen LogP contribution in [0.25, 0.3) is 0 Å². The number of para-hydroxylation sites is 2. The second kappa shape index (κ2) is 11.0. The van der Waals surface area contributed by atoms with E-state index in [1.54, 1.807) is 24.3 Å². The Morgan fingerprint density at radius 3 is 2.38 bits per heavy atom. The number of ether oxygens (including phenoxy) is 3. The second-order valence-electron chi connectivity index (χ2n) is 6.83. The van der Waals surface area contributed by atoms with E-state index in [0.29, 0.717) is 31.1 Å². The Bertz CT molecular complexity index is 794. The molecule has 0 radical (unpaired) electrons. The first-order chi connectivity index (χ1) is 13.9. The quantitative estimate of drug-likeness (QED) is 0.497. The van der Waals surface area contributed by atoms with E-state index in [-0.39, 0.29) is 30.1 Å². The monoisotopic (exact) mass is 427 g/mol. The Balaban J connectivity index is 1.86. The summed E-state index contributed by atoms with van der Waals surface area (Å²) in [6.45, 7) is 3.96. The maximum atomic E-state index is 12.6. The van der Waals surface area contributed by atoms with Crippen LogP contribution in [0.5, 0.6) is 11.5 Å². The van der Waals surface area contributed by atoms with Crippen molar-refractivity contribution in [1.82, 2.24) is 4.90 Å². The van der Waals surface area contributed by atoms with Gasteiger partial charge in [0.25, 0.3) is 5.91 Å². The first-order valence-corrected chi connectivity index (χ1v) is 11.7. The van der Waals surface area contributed by atoms with Gasteiger partial charge >= 0.3 is 5.97 Å². The van der Waals surface area contributed by atoms with Gasteiger partial charge in [-0.2, -0.15) is 0 Å². The number of rotatable bonds is 11. The summed E-state index contributed by atoms with van der Waals surface area (Å²) in [5.74, 6) is -0.0816. The van der Waals surface area contributed by atoms with E-state index in [2.05, 4.69) is 0 Å². The molecule has 0 spiro atoms. The van der Waals surface area contributed by atoms with Gasteiger partial charge in [-0.15, -0.1) is 0 Å². The lowest BCUT2D eigenvalue weighted by molar-refractivity contribution is -0.154. The molecule has 1 aromatic rings. The number of carbonyl (C=O) groups is 2. The summed E-state index contributed by atoms with van der Waals surface area (Å²) in [4.78, 5) is 26.1. The average Bonchev–Trinajstić information content (AvgIpc) is 3.05. The first kappa shape index (κ1) is 23.0. The summed E-state index contributed by atoms with van der Waals surface area (Å²) < 4.78 is 39.4. The Morgan fingerprint density at radius 2 is 1.79 bits per heavy atom. The van der Waals surface area contributed by atoms with Crippen LogP contribution in [-0.2, 0) is 24.2 Å². The van der Waals surface area contributed by atoms with E-state index in [9.17, 15) is 18.0 Å². The Hall–Kier alpha value is -2.29. The molecule has 1 aromatic carbocycles. The molecule has 0 aliphatic carbocycles. The van der Waals surface area contributed by atoms with Gasteiger partial charge in [-0.05, 0) is 31.9 Å². The normalized spacial score (nSPS) is 17.5. The number of esters is 1. The third-order valence-electron chi connectivity index (χ3n) is 4.57. The fourth-order valence-electron chi connectivity index (χ4n) is 3.11. The average molecular weight is 428 g/mol. The minimum absolute atomic E-state index is 0.0340. The van der Waals surface area contributed by atoms with Crippen molar-refractivity contribution in [1.29, 1.82) is 0 Å². The van der Waals surface area contributed by atoms with Crippen LogP contribution in [0, 0.1) is 0 Å². The number of nitrogens with zero attached hydrogens (tertiary/aromatic N) is 1. The van der Waals surface area contributed by atoms with Gasteiger partial charge in [-0.25, -0.2) is 13.2 Å². The molecule has 1 aliphatic heterocycles. The van der Waals surface area contributed by atoms with Gasteiger partial charge in [-0.3, -0.25) is 4.79 Å². The van der Waals surface area contributed by atoms with Crippen molar-refractivity contribution in [2.45, 2.75) is 39.2 Å². The van der Waals surface area contributed by atoms with Crippen molar-refractivity contribution in [3.8, 4) is 11.5 Å². The highest BCUT2D eigenvalue weighted by atomic mass is 32.2. The Kier molecular flexibility index (Phi) is 8.75. The maximum absolute atomic E-state index is 12.6. The fraction of sp³-hybridized carbons (Fsp3) is 0.600. The summed E-state index contributed by atoms with van der Waals surface area (Å²) in [7, 11) is -3.11. The number of benzene rings is 1. The van der Waals surface area contributed by atoms with Crippen molar-refractivity contribution < 1.29 is 32.2 Å². The number of carbonyl (C=O) groups excluding carboxylic acids is 2. The van der Waals surface area contributed by atoms with E-state index in [1.165, 1.54) is 4.90 Å². The molecular formula is C20H29NO7S. The van der Waals surface area contributed by atoms with E-state index < -0.39 is 22.4 Å². The fourth-order valence-corrected chi connectivity index (χ4v) is 4.84. The zero-order valence-electron chi connectivity index (χ0n) is 17.0. The van der Waals surface area contributed by atoms with Crippen molar-refractivity contribution in [3.63, 3.8) is 0 Å². The van der Waals surface area contributed by atoms with Crippen molar-refractivity contribution in [2.24, 2.45) is 0 Å². The van der Waals surface area contributed by atoms with Gasteiger partial charge < -0.3 is 19.1 Å². The standard InChI is InChI=1S/C20H29NO7S/c1-3-5-11-21(16-10-12-29(24,25)15-16)19(22)13-28-20(23)14-27-18-9-7-6-8-17(18)26-4-2/h6-9,16H,3-5,10-15H2,1-2H3. The Morgan fingerprint density at radius 1 is 1.10 bits per heavy atom. The van der Waals surface area contributed by atoms with Crippen LogP contribution in [-0.4, -0.2) is 69.1 Å². The van der Waals surface area contributed by atoms with Gasteiger partial charge in [0.1, 0.15) is 0 Å². The predicted octanol–water partition coefficient (Wildman–Crippen LogP) is 1.82. The lowest BCUT2D eigenvalue weighted by Crippen LogP contribution is -2.44. The number of amides is 1. The van der Waals surface area contributed by atoms with Gasteiger partial charge in [0.15, 0.2) is 34.6 Å². The van der Waals surface area contributed by atoms with E-state index in [4.69, 9.17) is 14.2 Å². The van der Waals surface area contributed by atoms with Crippen LogP contribution in [0.2, 0.25) is 0 Å². The van der Waals surface area contributed by atoms with Crippen LogP contribution in [0.1, 0.15) is 33.1 Å². The van der Waals surface area contributed by atoms with Crippen LogP contribution in [0.4, 0.5) is 0 Å². The van der Waals surface area contributed by atoms with Crippen molar-refractivity contribution in [2.75, 3.05) is 37.9 Å². The molecule has 162 valence electrons. The molecule has 1 amide bonds. The largest absolute Gasteiger partial charge is 0.490 e. The molecule has 1 unspecified atom stereocenters. The maximum Gasteiger partial charge on any atom is 0.344 e. The molecule has 1 atom stereocenters. The van der Waals surface area contributed by atoms with Crippen LogP contribution < -0.4 is 9.47 Å².